The summed E-state index contributed by atoms with van der Waals surface area (Å²) < 4.78 is 44.8. The van der Waals surface area contributed by atoms with Gasteiger partial charge in [-0.05, 0) is 67.6 Å². The van der Waals surface area contributed by atoms with Crippen LogP contribution in [0.25, 0.3) is 71.6 Å². The average Bonchev–Trinajstić information content (AvgIpc) is 3.51. The lowest BCUT2D eigenvalue weighted by Crippen LogP contribution is -2.03. The van der Waals surface area contributed by atoms with Crippen LogP contribution in [0.5, 0.6) is 0 Å². The van der Waals surface area contributed by atoms with Crippen LogP contribution in [0.3, 0.4) is 0 Å². The van der Waals surface area contributed by atoms with Gasteiger partial charge in [0.15, 0.2) is 0 Å². The maximum atomic E-state index is 8.81. The molecule has 0 radical (unpaired) electrons. The first kappa shape index (κ1) is 20.4. The van der Waals surface area contributed by atoms with Crippen LogP contribution in [0.15, 0.2) is 152 Å². The zero-order valence-corrected chi connectivity index (χ0v) is 23.6. The van der Waals surface area contributed by atoms with Gasteiger partial charge in [0, 0.05) is 12.0 Å². The van der Waals surface area contributed by atoms with Gasteiger partial charge in [-0.2, -0.15) is 0 Å². The Morgan fingerprint density at radius 2 is 1.07 bits per heavy atom. The highest BCUT2D eigenvalue weighted by Crippen LogP contribution is 2.47. The molecule has 0 aliphatic rings. The first-order valence-corrected chi connectivity index (χ1v) is 14.6. The normalized spacial score (nSPS) is 13.1. The fourth-order valence-electron chi connectivity index (χ4n) is 6.47. The Bertz CT molecular complexity index is 2480. The highest BCUT2D eigenvalue weighted by atomic mass is 15.1. The lowest BCUT2D eigenvalue weighted by Gasteiger charge is -2.21. The van der Waals surface area contributed by atoms with Gasteiger partial charge in [0.2, 0.25) is 0 Å². The van der Waals surface area contributed by atoms with E-state index in [2.05, 4.69) is 90.4 Å². The van der Waals surface area contributed by atoms with Crippen molar-refractivity contribution < 1.29 is 6.85 Å². The third-order valence-corrected chi connectivity index (χ3v) is 8.26. The van der Waals surface area contributed by atoms with E-state index in [1.807, 2.05) is 42.5 Å². The Morgan fingerprint density at radius 3 is 1.72 bits per heavy atom. The minimum absolute atomic E-state index is 0.193. The predicted molar refractivity (Wildman–Crippen MR) is 182 cm³/mol. The number of nitrogens with zero attached hydrogens (tertiary/aromatic N) is 2. The molecule has 0 saturated carbocycles. The van der Waals surface area contributed by atoms with Gasteiger partial charge in [-0.15, -0.1) is 0 Å². The van der Waals surface area contributed by atoms with E-state index >= 15 is 0 Å². The molecule has 0 saturated heterocycles. The van der Waals surface area contributed by atoms with E-state index in [1.54, 1.807) is 0 Å². The first-order valence-electron chi connectivity index (χ1n) is 17.1. The van der Waals surface area contributed by atoms with E-state index in [0.717, 1.165) is 72.8 Å². The van der Waals surface area contributed by atoms with Gasteiger partial charge in [-0.25, -0.2) is 4.98 Å². The van der Waals surface area contributed by atoms with Crippen LogP contribution in [0.1, 0.15) is 19.6 Å². The van der Waals surface area contributed by atoms with Crippen LogP contribution in [-0.2, 0) is 6.42 Å². The monoisotopic (exact) mass is 555 g/mol. The molecule has 0 N–H and O–H groups in total. The minimum atomic E-state index is -0.401. The molecule has 0 unspecified atom stereocenters. The Hall–Kier alpha value is -5.47. The molecule has 0 fully saturated rings. The van der Waals surface area contributed by atoms with Gasteiger partial charge in [0.05, 0.1) is 23.6 Å². The van der Waals surface area contributed by atoms with Gasteiger partial charge in [-0.1, -0.05) is 140 Å². The number of rotatable bonds is 5. The van der Waals surface area contributed by atoms with Crippen LogP contribution in [0.4, 0.5) is 0 Å². The number of imidazole rings is 1. The maximum Gasteiger partial charge on any atom is 0.114 e. The van der Waals surface area contributed by atoms with E-state index in [0.29, 0.717) is 5.56 Å². The topological polar surface area (TPSA) is 17.8 Å². The Balaban J connectivity index is 1.49. The molecule has 1 aromatic heterocycles. The predicted octanol–water partition coefficient (Wildman–Crippen LogP) is 10.9. The van der Waals surface area contributed by atoms with Crippen LogP contribution in [-0.4, -0.2) is 9.55 Å². The Labute approximate surface area is 258 Å². The summed E-state index contributed by atoms with van der Waals surface area (Å²) in [5, 5.41) is 4.12. The van der Waals surface area contributed by atoms with Crippen molar-refractivity contribution in [3.8, 4) is 39.1 Å². The largest absolute Gasteiger partial charge is 0.296 e. The minimum Gasteiger partial charge on any atom is -0.296 e. The van der Waals surface area contributed by atoms with E-state index in [4.69, 9.17) is 11.8 Å². The number of fused-ring (bicyclic) bond motifs is 3. The van der Waals surface area contributed by atoms with Crippen molar-refractivity contribution >= 4 is 32.6 Å². The third-order valence-electron chi connectivity index (χ3n) is 8.26. The van der Waals surface area contributed by atoms with Crippen molar-refractivity contribution in [1.29, 1.82) is 0 Å². The third kappa shape index (κ3) is 4.06. The van der Waals surface area contributed by atoms with Gasteiger partial charge in [-0.3, -0.25) is 4.57 Å². The van der Waals surface area contributed by atoms with Crippen molar-refractivity contribution in [2.75, 3.05) is 0 Å². The van der Waals surface area contributed by atoms with Gasteiger partial charge in [0.1, 0.15) is 5.82 Å². The summed E-state index contributed by atoms with van der Waals surface area (Å²) in [6.45, 7) is 2.13. The summed E-state index contributed by atoms with van der Waals surface area (Å²) >= 11 is 0. The Morgan fingerprint density at radius 1 is 0.558 bits per heavy atom. The Kier molecular flexibility index (Phi) is 4.95. The molecule has 0 amide bonds. The molecule has 43 heavy (non-hydrogen) atoms. The summed E-state index contributed by atoms with van der Waals surface area (Å²) in [4.78, 5) is 4.99. The number of para-hydroxylation sites is 3. The van der Waals surface area contributed by atoms with Crippen LogP contribution in [0.2, 0.25) is 0 Å². The summed E-state index contributed by atoms with van der Waals surface area (Å²) in [6.07, 6.45) is 0.775. The average molecular weight is 556 g/mol. The second-order valence-corrected chi connectivity index (χ2v) is 10.6. The fourth-order valence-corrected chi connectivity index (χ4v) is 6.47. The van der Waals surface area contributed by atoms with E-state index in [1.165, 1.54) is 0 Å². The summed E-state index contributed by atoms with van der Waals surface area (Å²) in [6, 6.07) is 39.6. The molecule has 0 spiro atoms. The van der Waals surface area contributed by atoms with Gasteiger partial charge >= 0.3 is 0 Å². The molecule has 8 rings (SSSR count). The van der Waals surface area contributed by atoms with E-state index < -0.39 is 6.04 Å². The zero-order chi connectivity index (χ0) is 33.1. The molecule has 0 atom stereocenters. The smallest absolute Gasteiger partial charge is 0.114 e. The van der Waals surface area contributed by atoms with Crippen molar-refractivity contribution in [1.82, 2.24) is 9.55 Å². The summed E-state index contributed by atoms with van der Waals surface area (Å²) in [5.41, 5.74) is 7.77. The van der Waals surface area contributed by atoms with Crippen molar-refractivity contribution in [2.24, 2.45) is 0 Å². The number of hydrogen-bond donors (Lipinski definition) is 0. The zero-order valence-electron chi connectivity index (χ0n) is 28.6. The molecule has 2 heteroatoms. The van der Waals surface area contributed by atoms with Crippen LogP contribution >= 0.6 is 0 Å². The van der Waals surface area contributed by atoms with E-state index in [-0.39, 0.29) is 29.7 Å². The number of aromatic nitrogens is 2. The molecule has 8 aromatic rings. The summed E-state index contributed by atoms with van der Waals surface area (Å²) in [5.74, 6) is 0.987. The lowest BCUT2D eigenvalue weighted by molar-refractivity contribution is 0.909. The SMILES string of the molecule is [2H]c1c([2H])c([2H])c(-c2ccccc2-c2c3ccccc3c(-c3ccccc3-n3c(CC)nc4ccccc43)c3ccccc23)c([2H])c1[2H]. The molecule has 0 aliphatic carbocycles. The van der Waals surface area contributed by atoms with Gasteiger partial charge in [0.25, 0.3) is 0 Å². The van der Waals surface area contributed by atoms with Crippen LogP contribution < -0.4 is 0 Å². The highest BCUT2D eigenvalue weighted by Gasteiger charge is 2.21. The highest BCUT2D eigenvalue weighted by molar-refractivity contribution is 6.23. The molecule has 1 heterocycles. The number of hydrogen-bond acceptors (Lipinski definition) is 1. The first-order chi connectivity index (χ1) is 23.4. The van der Waals surface area contributed by atoms with Crippen molar-refractivity contribution in [2.45, 2.75) is 13.3 Å². The van der Waals surface area contributed by atoms with Crippen molar-refractivity contribution in [3.63, 3.8) is 0 Å². The van der Waals surface area contributed by atoms with Gasteiger partial charge < -0.3 is 0 Å². The fraction of sp³-hybridized carbons (Fsp3) is 0.0488. The molecule has 0 bridgehead atoms. The molecule has 0 aliphatic heterocycles. The second kappa shape index (κ2) is 10.4. The molecule has 2 nitrogen and oxygen atoms in total. The molecular weight excluding hydrogens is 520 g/mol. The molecule has 7 aromatic carbocycles. The second-order valence-electron chi connectivity index (χ2n) is 10.6. The van der Waals surface area contributed by atoms with Crippen LogP contribution in [0, 0.1) is 0 Å². The van der Waals surface area contributed by atoms with Crippen molar-refractivity contribution in [3.05, 3.63) is 157 Å². The number of benzene rings is 7. The number of aryl methyl sites for hydroxylation is 1. The molecular formula is C41H30N2. The lowest BCUT2D eigenvalue weighted by atomic mass is 9.83. The van der Waals surface area contributed by atoms with E-state index in [9.17, 15) is 0 Å². The molecule has 204 valence electrons. The maximum absolute atomic E-state index is 8.81. The quantitative estimate of drug-likeness (QED) is 0.193. The summed E-state index contributed by atoms with van der Waals surface area (Å²) in [7, 11) is 0. The standard InChI is InChI=1S/C41H30N2/c1-2-39-42-36-25-13-15-27-38(36)43(39)37-26-14-12-24-35(37)41-33-22-10-8-20-31(33)40(32-21-9-11-23-34(32)41)30-19-7-6-18-29(30)28-16-4-3-5-17-28/h3-27H,2H2,1H3/i3D,4D,5D,16D,17D.